The lowest BCUT2D eigenvalue weighted by molar-refractivity contribution is 0.117. The first-order chi connectivity index (χ1) is 10.9. The van der Waals surface area contributed by atoms with Crippen molar-refractivity contribution in [2.45, 2.75) is 38.1 Å². The van der Waals surface area contributed by atoms with Crippen LogP contribution in [0.1, 0.15) is 31.6 Å². The highest BCUT2D eigenvalue weighted by Gasteiger charge is 2.26. The van der Waals surface area contributed by atoms with E-state index >= 15 is 0 Å². The van der Waals surface area contributed by atoms with Crippen LogP contribution in [-0.4, -0.2) is 41.0 Å². The van der Waals surface area contributed by atoms with E-state index < -0.39 is 0 Å². The Morgan fingerprint density at radius 3 is 3.14 bits per heavy atom. The van der Waals surface area contributed by atoms with Crippen LogP contribution in [0.3, 0.4) is 0 Å². The summed E-state index contributed by atoms with van der Waals surface area (Å²) in [4.78, 5) is 7.06. The molecule has 4 heterocycles. The van der Waals surface area contributed by atoms with Crippen LogP contribution in [0.4, 0.5) is 5.82 Å². The monoisotopic (exact) mass is 300 g/mol. The SMILES string of the molecule is c1cc2nc(c1)N1CCCC1COCCCCc1nnc-2o1. The fourth-order valence-electron chi connectivity index (χ4n) is 3.17. The molecule has 2 aliphatic heterocycles. The molecule has 0 aromatic carbocycles. The van der Waals surface area contributed by atoms with E-state index in [-0.39, 0.29) is 0 Å². The average Bonchev–Trinajstić information content (AvgIpc) is 3.19. The lowest BCUT2D eigenvalue weighted by atomic mass is 10.2. The molecular formula is C16H20N4O2. The van der Waals surface area contributed by atoms with Gasteiger partial charge in [-0.15, -0.1) is 10.2 Å². The number of aryl methyl sites for hydroxylation is 1. The summed E-state index contributed by atoms with van der Waals surface area (Å²) in [5.41, 5.74) is 0.750. The van der Waals surface area contributed by atoms with Crippen molar-refractivity contribution >= 4 is 5.82 Å². The maximum Gasteiger partial charge on any atom is 0.266 e. The quantitative estimate of drug-likeness (QED) is 0.744. The van der Waals surface area contributed by atoms with Gasteiger partial charge in [0.1, 0.15) is 11.5 Å². The molecule has 1 unspecified atom stereocenters. The molecule has 22 heavy (non-hydrogen) atoms. The van der Waals surface area contributed by atoms with E-state index in [9.17, 15) is 0 Å². The lowest BCUT2D eigenvalue weighted by Crippen LogP contribution is -2.33. The number of pyridine rings is 1. The summed E-state index contributed by atoms with van der Waals surface area (Å²) >= 11 is 0. The van der Waals surface area contributed by atoms with Gasteiger partial charge in [-0.05, 0) is 37.8 Å². The first-order valence-corrected chi connectivity index (χ1v) is 8.04. The second kappa shape index (κ2) is 6.04. The van der Waals surface area contributed by atoms with Gasteiger partial charge in [0.15, 0.2) is 0 Å². The van der Waals surface area contributed by atoms with Gasteiger partial charge in [0.2, 0.25) is 5.89 Å². The van der Waals surface area contributed by atoms with Crippen molar-refractivity contribution in [2.24, 2.45) is 0 Å². The normalized spacial score (nSPS) is 22.2. The fourth-order valence-corrected chi connectivity index (χ4v) is 3.17. The highest BCUT2D eigenvalue weighted by atomic mass is 16.5. The van der Waals surface area contributed by atoms with Gasteiger partial charge >= 0.3 is 0 Å². The first-order valence-electron chi connectivity index (χ1n) is 8.04. The van der Waals surface area contributed by atoms with Crippen LogP contribution in [0.25, 0.3) is 11.6 Å². The van der Waals surface area contributed by atoms with Gasteiger partial charge in [-0.3, -0.25) is 0 Å². The Balaban J connectivity index is 1.69. The molecule has 2 aliphatic rings. The maximum atomic E-state index is 5.86. The number of ether oxygens (including phenoxy) is 1. The maximum absolute atomic E-state index is 5.86. The van der Waals surface area contributed by atoms with Crippen LogP contribution < -0.4 is 4.90 Å². The van der Waals surface area contributed by atoms with Crippen molar-refractivity contribution in [2.75, 3.05) is 24.7 Å². The summed E-state index contributed by atoms with van der Waals surface area (Å²) in [5, 5.41) is 8.26. The standard InChI is InChI=1S/C16H20N4O2/c1-2-10-21-11-12-5-4-9-20(12)14-7-3-6-13(17-14)16-19-18-15(8-1)22-16/h3,6-7,12H,1-2,4-5,8-11H2. The molecule has 0 aliphatic carbocycles. The predicted octanol–water partition coefficient (Wildman–Crippen LogP) is 2.45. The molecule has 0 spiro atoms. The Morgan fingerprint density at radius 2 is 2.14 bits per heavy atom. The van der Waals surface area contributed by atoms with Crippen LogP contribution in [0.15, 0.2) is 22.6 Å². The van der Waals surface area contributed by atoms with Gasteiger partial charge in [0.05, 0.1) is 12.6 Å². The summed E-state index contributed by atoms with van der Waals surface area (Å²) in [6, 6.07) is 6.40. The van der Waals surface area contributed by atoms with Crippen molar-refractivity contribution < 1.29 is 9.15 Å². The highest BCUT2D eigenvalue weighted by Crippen LogP contribution is 2.27. The zero-order chi connectivity index (χ0) is 14.8. The van der Waals surface area contributed by atoms with E-state index in [0.717, 1.165) is 57.0 Å². The third-order valence-electron chi connectivity index (χ3n) is 4.33. The summed E-state index contributed by atoms with van der Waals surface area (Å²) < 4.78 is 11.6. The van der Waals surface area contributed by atoms with Gasteiger partial charge in [-0.1, -0.05) is 6.07 Å². The van der Waals surface area contributed by atoms with Gasteiger partial charge in [-0.2, -0.15) is 0 Å². The highest BCUT2D eigenvalue weighted by molar-refractivity contribution is 5.53. The number of aromatic nitrogens is 3. The summed E-state index contributed by atoms with van der Waals surface area (Å²) in [6.07, 6.45) is 5.17. The van der Waals surface area contributed by atoms with E-state index in [1.54, 1.807) is 0 Å². The molecular weight excluding hydrogens is 280 g/mol. The van der Waals surface area contributed by atoms with Crippen LogP contribution in [-0.2, 0) is 11.2 Å². The van der Waals surface area contributed by atoms with E-state index in [0.29, 0.717) is 17.8 Å². The zero-order valence-electron chi connectivity index (χ0n) is 12.6. The summed E-state index contributed by atoms with van der Waals surface area (Å²) in [7, 11) is 0. The molecule has 1 saturated heterocycles. The molecule has 6 nitrogen and oxygen atoms in total. The smallest absolute Gasteiger partial charge is 0.266 e. The molecule has 2 aromatic heterocycles. The molecule has 0 saturated carbocycles. The Bertz CT molecular complexity index is 643. The van der Waals surface area contributed by atoms with E-state index in [1.165, 1.54) is 6.42 Å². The van der Waals surface area contributed by atoms with Crippen molar-refractivity contribution in [3.05, 3.63) is 24.1 Å². The van der Waals surface area contributed by atoms with Crippen LogP contribution in [0.2, 0.25) is 0 Å². The molecule has 0 N–H and O–H groups in total. The number of fused-ring (bicyclic) bond motifs is 7. The minimum absolute atomic E-state index is 0.420. The van der Waals surface area contributed by atoms with Gasteiger partial charge in [0.25, 0.3) is 5.89 Å². The predicted molar refractivity (Wildman–Crippen MR) is 81.7 cm³/mol. The molecule has 2 aromatic rings. The minimum atomic E-state index is 0.420. The Hall–Kier alpha value is -1.95. The first kappa shape index (κ1) is 13.7. The second-order valence-corrected chi connectivity index (χ2v) is 5.90. The third kappa shape index (κ3) is 2.70. The van der Waals surface area contributed by atoms with Crippen LogP contribution in [0, 0.1) is 0 Å². The van der Waals surface area contributed by atoms with Gasteiger partial charge in [0, 0.05) is 19.6 Å². The van der Waals surface area contributed by atoms with Crippen molar-refractivity contribution in [1.29, 1.82) is 0 Å². The van der Waals surface area contributed by atoms with Gasteiger partial charge in [-0.25, -0.2) is 4.98 Å². The molecule has 4 rings (SSSR count). The summed E-state index contributed by atoms with van der Waals surface area (Å²) in [6.45, 7) is 2.60. The van der Waals surface area contributed by atoms with Crippen molar-refractivity contribution in [3.8, 4) is 11.6 Å². The topological polar surface area (TPSA) is 64.3 Å². The van der Waals surface area contributed by atoms with E-state index in [4.69, 9.17) is 14.1 Å². The molecule has 1 fully saturated rings. The molecule has 116 valence electrons. The molecule has 0 radical (unpaired) electrons. The Labute approximate surface area is 129 Å². The third-order valence-corrected chi connectivity index (χ3v) is 4.33. The van der Waals surface area contributed by atoms with Crippen molar-refractivity contribution in [1.82, 2.24) is 15.2 Å². The van der Waals surface area contributed by atoms with Gasteiger partial charge < -0.3 is 14.1 Å². The lowest BCUT2D eigenvalue weighted by Gasteiger charge is -2.26. The second-order valence-electron chi connectivity index (χ2n) is 5.90. The number of anilines is 1. The minimum Gasteiger partial charge on any atom is -0.419 e. The van der Waals surface area contributed by atoms with Crippen LogP contribution in [0.5, 0.6) is 0 Å². The van der Waals surface area contributed by atoms with E-state index in [2.05, 4.69) is 15.1 Å². The molecule has 0 amide bonds. The number of rotatable bonds is 0. The van der Waals surface area contributed by atoms with Crippen molar-refractivity contribution in [3.63, 3.8) is 0 Å². The fraction of sp³-hybridized carbons (Fsp3) is 0.562. The Kier molecular flexibility index (Phi) is 3.76. The zero-order valence-corrected chi connectivity index (χ0v) is 12.6. The Morgan fingerprint density at radius 1 is 1.14 bits per heavy atom. The number of hydrogen-bond acceptors (Lipinski definition) is 6. The largest absolute Gasteiger partial charge is 0.419 e. The molecule has 6 heteroatoms. The summed E-state index contributed by atoms with van der Waals surface area (Å²) in [5.74, 6) is 2.17. The molecule has 4 bridgehead atoms. The average molecular weight is 300 g/mol. The number of nitrogens with zero attached hydrogens (tertiary/aromatic N) is 4. The van der Waals surface area contributed by atoms with Crippen LogP contribution >= 0.6 is 0 Å². The van der Waals surface area contributed by atoms with E-state index in [1.807, 2.05) is 18.2 Å². The number of hydrogen-bond donors (Lipinski definition) is 0. The molecule has 1 atom stereocenters.